The van der Waals surface area contributed by atoms with E-state index in [4.69, 9.17) is 4.74 Å². The zero-order chi connectivity index (χ0) is 16.4. The van der Waals surface area contributed by atoms with Gasteiger partial charge < -0.3 is 15.0 Å². The molecular weight excluding hydrogens is 306 g/mol. The number of ether oxygens (including phenoxy) is 1. The number of hydrogen-bond acceptors (Lipinski definition) is 3. The molecular formula is C16H16F2N2O3. The summed E-state index contributed by atoms with van der Waals surface area (Å²) >= 11 is 0. The molecule has 0 bridgehead atoms. The summed E-state index contributed by atoms with van der Waals surface area (Å²) in [5.41, 5.74) is -0.598. The molecule has 1 fully saturated rings. The lowest BCUT2D eigenvalue weighted by Crippen LogP contribution is -2.30. The lowest BCUT2D eigenvalue weighted by molar-refractivity contribution is 0.0949. The molecule has 2 N–H and O–H groups in total. The Hall–Kier alpha value is -2.28. The summed E-state index contributed by atoms with van der Waals surface area (Å²) < 4.78 is 31.7. The Kier molecular flexibility index (Phi) is 4.38. The van der Waals surface area contributed by atoms with E-state index in [1.165, 1.54) is 6.20 Å². The SMILES string of the molecule is O=C(NCCC1CCOC1)c1c[nH]c2cc(F)c(F)cc2c1=O. The average Bonchev–Trinajstić information content (AvgIpc) is 3.03. The molecule has 5 nitrogen and oxygen atoms in total. The maximum absolute atomic E-state index is 13.3. The summed E-state index contributed by atoms with van der Waals surface area (Å²) in [6.07, 6.45) is 2.96. The molecule has 1 unspecified atom stereocenters. The van der Waals surface area contributed by atoms with Crippen LogP contribution in [0.2, 0.25) is 0 Å². The molecule has 3 rings (SSSR count). The molecule has 1 saturated heterocycles. The summed E-state index contributed by atoms with van der Waals surface area (Å²) in [6, 6.07) is 1.70. The highest BCUT2D eigenvalue weighted by molar-refractivity contribution is 5.97. The van der Waals surface area contributed by atoms with Crippen molar-refractivity contribution in [2.24, 2.45) is 5.92 Å². The van der Waals surface area contributed by atoms with Gasteiger partial charge in [-0.1, -0.05) is 0 Å². The molecule has 1 aromatic carbocycles. The van der Waals surface area contributed by atoms with Crippen LogP contribution in [0.1, 0.15) is 23.2 Å². The van der Waals surface area contributed by atoms with Gasteiger partial charge in [0, 0.05) is 37.4 Å². The van der Waals surface area contributed by atoms with E-state index in [-0.39, 0.29) is 16.5 Å². The number of carbonyl (C=O) groups excluding carboxylic acids is 1. The lowest BCUT2D eigenvalue weighted by atomic mass is 10.1. The molecule has 122 valence electrons. The Balaban J connectivity index is 1.76. The van der Waals surface area contributed by atoms with E-state index >= 15 is 0 Å². The van der Waals surface area contributed by atoms with Crippen LogP contribution in [0.25, 0.3) is 10.9 Å². The quantitative estimate of drug-likeness (QED) is 0.904. The third-order valence-electron chi connectivity index (χ3n) is 4.03. The predicted octanol–water partition coefficient (Wildman–Crippen LogP) is 1.96. The fourth-order valence-corrected chi connectivity index (χ4v) is 2.68. The highest BCUT2D eigenvalue weighted by Gasteiger charge is 2.17. The van der Waals surface area contributed by atoms with Gasteiger partial charge in [0.2, 0.25) is 5.43 Å². The standard InChI is InChI=1S/C16H16F2N2O3/c17-12-5-10-14(6-13(12)18)20-7-11(15(10)21)16(22)19-3-1-9-2-4-23-8-9/h5-7,9H,1-4,8H2,(H,19,22)(H,20,21). The number of aromatic nitrogens is 1. The third-order valence-corrected chi connectivity index (χ3v) is 4.03. The van der Waals surface area contributed by atoms with Gasteiger partial charge >= 0.3 is 0 Å². The first-order valence-electron chi connectivity index (χ1n) is 7.42. The summed E-state index contributed by atoms with van der Waals surface area (Å²) in [5.74, 6) is -2.29. The van der Waals surface area contributed by atoms with E-state index in [0.29, 0.717) is 19.1 Å². The van der Waals surface area contributed by atoms with Crippen LogP contribution in [-0.2, 0) is 4.74 Å². The predicted molar refractivity (Wildman–Crippen MR) is 80.4 cm³/mol. The van der Waals surface area contributed by atoms with Crippen molar-refractivity contribution in [3.8, 4) is 0 Å². The number of carbonyl (C=O) groups is 1. The number of amides is 1. The topological polar surface area (TPSA) is 71.2 Å². The van der Waals surface area contributed by atoms with Crippen LogP contribution < -0.4 is 10.7 Å². The van der Waals surface area contributed by atoms with Gasteiger partial charge in [-0.25, -0.2) is 8.78 Å². The van der Waals surface area contributed by atoms with Gasteiger partial charge in [-0.05, 0) is 24.8 Å². The molecule has 0 aliphatic carbocycles. The van der Waals surface area contributed by atoms with Crippen LogP contribution in [-0.4, -0.2) is 30.6 Å². The van der Waals surface area contributed by atoms with Crippen molar-refractivity contribution in [2.75, 3.05) is 19.8 Å². The fraction of sp³-hybridized carbons (Fsp3) is 0.375. The van der Waals surface area contributed by atoms with Gasteiger partial charge in [-0.3, -0.25) is 9.59 Å². The number of rotatable bonds is 4. The van der Waals surface area contributed by atoms with Crippen LogP contribution in [0, 0.1) is 17.6 Å². The number of fused-ring (bicyclic) bond motifs is 1. The van der Waals surface area contributed by atoms with Gasteiger partial charge in [0.25, 0.3) is 5.91 Å². The van der Waals surface area contributed by atoms with Crippen LogP contribution >= 0.6 is 0 Å². The molecule has 1 amide bonds. The van der Waals surface area contributed by atoms with Crippen molar-refractivity contribution in [3.63, 3.8) is 0 Å². The second-order valence-corrected chi connectivity index (χ2v) is 5.62. The highest BCUT2D eigenvalue weighted by atomic mass is 19.2. The van der Waals surface area contributed by atoms with E-state index in [1.54, 1.807) is 0 Å². The first-order chi connectivity index (χ1) is 11.1. The van der Waals surface area contributed by atoms with Crippen molar-refractivity contribution in [1.29, 1.82) is 0 Å². The van der Waals surface area contributed by atoms with Crippen LogP contribution in [0.4, 0.5) is 8.78 Å². The number of aromatic amines is 1. The average molecular weight is 322 g/mol. The zero-order valence-electron chi connectivity index (χ0n) is 12.3. The van der Waals surface area contributed by atoms with E-state index in [2.05, 4.69) is 10.3 Å². The third kappa shape index (κ3) is 3.24. The largest absolute Gasteiger partial charge is 0.381 e. The number of H-pyrrole nitrogens is 1. The van der Waals surface area contributed by atoms with Gasteiger partial charge in [-0.15, -0.1) is 0 Å². The van der Waals surface area contributed by atoms with Gasteiger partial charge in [-0.2, -0.15) is 0 Å². The van der Waals surface area contributed by atoms with Crippen molar-refractivity contribution in [3.05, 3.63) is 45.8 Å². The molecule has 1 aliphatic rings. The number of benzene rings is 1. The second kappa shape index (κ2) is 6.45. The Labute approximate surface area is 130 Å². The summed E-state index contributed by atoms with van der Waals surface area (Å²) in [5, 5.41) is 2.62. The minimum atomic E-state index is -1.12. The van der Waals surface area contributed by atoms with E-state index < -0.39 is 23.0 Å². The van der Waals surface area contributed by atoms with Crippen LogP contribution in [0.3, 0.4) is 0 Å². The normalized spacial score (nSPS) is 17.6. The van der Waals surface area contributed by atoms with Gasteiger partial charge in [0.05, 0.1) is 5.52 Å². The molecule has 23 heavy (non-hydrogen) atoms. The van der Waals surface area contributed by atoms with E-state index in [1.807, 2.05) is 0 Å². The Morgan fingerprint density at radius 3 is 2.87 bits per heavy atom. The van der Waals surface area contributed by atoms with Crippen molar-refractivity contribution < 1.29 is 18.3 Å². The molecule has 1 atom stereocenters. The summed E-state index contributed by atoms with van der Waals surface area (Å²) in [6.45, 7) is 1.87. The molecule has 2 aromatic rings. The summed E-state index contributed by atoms with van der Waals surface area (Å²) in [4.78, 5) is 27.0. The Morgan fingerprint density at radius 1 is 1.35 bits per heavy atom. The Bertz CT molecular complexity index is 798. The number of pyridine rings is 1. The van der Waals surface area contributed by atoms with Crippen molar-refractivity contribution in [1.82, 2.24) is 10.3 Å². The lowest BCUT2D eigenvalue weighted by Gasteiger charge is -2.09. The van der Waals surface area contributed by atoms with E-state index in [0.717, 1.165) is 31.6 Å². The van der Waals surface area contributed by atoms with Crippen molar-refractivity contribution >= 4 is 16.8 Å². The molecule has 7 heteroatoms. The van der Waals surface area contributed by atoms with Crippen LogP contribution in [0.5, 0.6) is 0 Å². The number of hydrogen-bond donors (Lipinski definition) is 2. The molecule has 0 radical (unpaired) electrons. The molecule has 0 spiro atoms. The second-order valence-electron chi connectivity index (χ2n) is 5.62. The van der Waals surface area contributed by atoms with Gasteiger partial charge in [0.15, 0.2) is 11.6 Å². The molecule has 0 saturated carbocycles. The maximum Gasteiger partial charge on any atom is 0.256 e. The monoisotopic (exact) mass is 322 g/mol. The minimum absolute atomic E-state index is 0.0549. The first kappa shape index (κ1) is 15.6. The molecule has 2 heterocycles. The van der Waals surface area contributed by atoms with Crippen LogP contribution in [0.15, 0.2) is 23.1 Å². The number of nitrogens with one attached hydrogen (secondary N) is 2. The zero-order valence-corrected chi connectivity index (χ0v) is 12.3. The maximum atomic E-state index is 13.3. The first-order valence-corrected chi connectivity index (χ1v) is 7.42. The number of halogens is 2. The van der Waals surface area contributed by atoms with Gasteiger partial charge in [0.1, 0.15) is 5.56 Å². The summed E-state index contributed by atoms with van der Waals surface area (Å²) in [7, 11) is 0. The van der Waals surface area contributed by atoms with E-state index in [9.17, 15) is 18.4 Å². The Morgan fingerprint density at radius 2 is 2.13 bits per heavy atom. The fourth-order valence-electron chi connectivity index (χ4n) is 2.68. The molecule has 1 aromatic heterocycles. The minimum Gasteiger partial charge on any atom is -0.381 e. The highest BCUT2D eigenvalue weighted by Crippen LogP contribution is 2.16. The molecule has 1 aliphatic heterocycles. The smallest absolute Gasteiger partial charge is 0.256 e. The van der Waals surface area contributed by atoms with Crippen molar-refractivity contribution in [2.45, 2.75) is 12.8 Å².